The second-order valence-corrected chi connectivity index (χ2v) is 7.71. The standard InChI is InChI=1S/C21H32N4O2/c1-3-17(2)22-20(26)15-23-11-13-24(14-12-23)16-21(27)25-10-6-8-18-7-4-5-9-19(18)25/h4-5,7,9,17H,3,6,8,10-16H2,1-2H3,(H,22,26). The van der Waals surface area contributed by atoms with Crippen molar-refractivity contribution in [1.29, 1.82) is 0 Å². The summed E-state index contributed by atoms with van der Waals surface area (Å²) in [6.07, 6.45) is 3.03. The number of para-hydroxylation sites is 1. The van der Waals surface area contributed by atoms with Crippen LogP contribution in [0.25, 0.3) is 0 Å². The lowest BCUT2D eigenvalue weighted by atomic mass is 10.0. The van der Waals surface area contributed by atoms with Crippen molar-refractivity contribution in [2.24, 2.45) is 0 Å². The Kier molecular flexibility index (Phi) is 6.85. The molecule has 1 unspecified atom stereocenters. The van der Waals surface area contributed by atoms with Crippen LogP contribution >= 0.6 is 0 Å². The van der Waals surface area contributed by atoms with Crippen LogP contribution in [0.3, 0.4) is 0 Å². The number of carbonyl (C=O) groups is 2. The molecule has 0 bridgehead atoms. The van der Waals surface area contributed by atoms with Gasteiger partial charge in [0.2, 0.25) is 11.8 Å². The molecule has 0 radical (unpaired) electrons. The van der Waals surface area contributed by atoms with Crippen molar-refractivity contribution in [2.75, 3.05) is 50.7 Å². The molecule has 2 heterocycles. The Bertz CT molecular complexity index is 655. The Morgan fingerprint density at radius 1 is 1.04 bits per heavy atom. The summed E-state index contributed by atoms with van der Waals surface area (Å²) in [6.45, 7) is 9.14. The van der Waals surface area contributed by atoms with Gasteiger partial charge >= 0.3 is 0 Å². The highest BCUT2D eigenvalue weighted by atomic mass is 16.2. The summed E-state index contributed by atoms with van der Waals surface area (Å²) in [5.74, 6) is 0.281. The van der Waals surface area contributed by atoms with Gasteiger partial charge in [0, 0.05) is 44.5 Å². The fourth-order valence-electron chi connectivity index (χ4n) is 3.80. The second kappa shape index (κ2) is 9.33. The molecule has 6 heteroatoms. The van der Waals surface area contributed by atoms with Gasteiger partial charge in [0.15, 0.2) is 0 Å². The van der Waals surface area contributed by atoms with Crippen molar-refractivity contribution in [1.82, 2.24) is 15.1 Å². The largest absolute Gasteiger partial charge is 0.353 e. The summed E-state index contributed by atoms with van der Waals surface area (Å²) < 4.78 is 0. The highest BCUT2D eigenvalue weighted by molar-refractivity contribution is 5.96. The molecule has 1 aromatic carbocycles. The van der Waals surface area contributed by atoms with Crippen molar-refractivity contribution in [3.63, 3.8) is 0 Å². The lowest BCUT2D eigenvalue weighted by Crippen LogP contribution is -2.52. The van der Waals surface area contributed by atoms with Gasteiger partial charge in [-0.3, -0.25) is 19.4 Å². The maximum absolute atomic E-state index is 12.8. The minimum Gasteiger partial charge on any atom is -0.353 e. The van der Waals surface area contributed by atoms with Crippen LogP contribution in [-0.2, 0) is 16.0 Å². The van der Waals surface area contributed by atoms with E-state index >= 15 is 0 Å². The Balaban J connectivity index is 1.46. The van der Waals surface area contributed by atoms with Gasteiger partial charge in [-0.25, -0.2) is 0 Å². The molecule has 0 saturated carbocycles. The first-order chi connectivity index (χ1) is 13.1. The monoisotopic (exact) mass is 372 g/mol. The van der Waals surface area contributed by atoms with E-state index < -0.39 is 0 Å². The fraction of sp³-hybridized carbons (Fsp3) is 0.619. The number of anilines is 1. The van der Waals surface area contributed by atoms with Crippen molar-refractivity contribution >= 4 is 17.5 Å². The molecule has 1 fully saturated rings. The average Bonchev–Trinajstić information content (AvgIpc) is 2.68. The van der Waals surface area contributed by atoms with Gasteiger partial charge in [-0.1, -0.05) is 25.1 Å². The van der Waals surface area contributed by atoms with E-state index in [0.29, 0.717) is 13.1 Å². The number of rotatable bonds is 6. The molecule has 27 heavy (non-hydrogen) atoms. The van der Waals surface area contributed by atoms with Crippen molar-refractivity contribution in [2.45, 2.75) is 39.2 Å². The number of nitrogens with zero attached hydrogens (tertiary/aromatic N) is 3. The van der Waals surface area contributed by atoms with Crippen LogP contribution in [0.4, 0.5) is 5.69 Å². The normalized spacial score (nSPS) is 19.4. The summed E-state index contributed by atoms with van der Waals surface area (Å²) in [5.41, 5.74) is 2.35. The topological polar surface area (TPSA) is 55.9 Å². The molecule has 0 aliphatic carbocycles. The van der Waals surface area contributed by atoms with Gasteiger partial charge in [-0.15, -0.1) is 0 Å². The highest BCUT2D eigenvalue weighted by Gasteiger charge is 2.26. The second-order valence-electron chi connectivity index (χ2n) is 7.71. The van der Waals surface area contributed by atoms with Gasteiger partial charge in [-0.2, -0.15) is 0 Å². The first-order valence-electron chi connectivity index (χ1n) is 10.2. The molecule has 1 saturated heterocycles. The number of amides is 2. The van der Waals surface area contributed by atoms with E-state index in [1.54, 1.807) is 0 Å². The number of nitrogens with one attached hydrogen (secondary N) is 1. The van der Waals surface area contributed by atoms with E-state index in [9.17, 15) is 9.59 Å². The van der Waals surface area contributed by atoms with Crippen LogP contribution in [0.2, 0.25) is 0 Å². The molecule has 2 aliphatic heterocycles. The van der Waals surface area contributed by atoms with E-state index in [1.165, 1.54) is 5.56 Å². The Hall–Kier alpha value is -1.92. The molecule has 2 aliphatic rings. The lowest BCUT2D eigenvalue weighted by Gasteiger charge is -2.36. The Labute approximate surface area is 162 Å². The van der Waals surface area contributed by atoms with Crippen LogP contribution in [-0.4, -0.2) is 73.5 Å². The number of fused-ring (bicyclic) bond motifs is 1. The van der Waals surface area contributed by atoms with Crippen LogP contribution in [0, 0.1) is 0 Å². The van der Waals surface area contributed by atoms with Gasteiger partial charge in [0.1, 0.15) is 0 Å². The molecule has 1 N–H and O–H groups in total. The van der Waals surface area contributed by atoms with Crippen molar-refractivity contribution in [3.05, 3.63) is 29.8 Å². The zero-order valence-electron chi connectivity index (χ0n) is 16.6. The predicted octanol–water partition coefficient (Wildman–Crippen LogP) is 1.50. The number of piperazine rings is 1. The number of benzene rings is 1. The van der Waals surface area contributed by atoms with E-state index in [-0.39, 0.29) is 17.9 Å². The summed E-state index contributed by atoms with van der Waals surface area (Å²) in [4.78, 5) is 31.2. The van der Waals surface area contributed by atoms with Crippen LogP contribution in [0.15, 0.2) is 24.3 Å². The summed E-state index contributed by atoms with van der Waals surface area (Å²) in [7, 11) is 0. The minimum atomic E-state index is 0.0961. The van der Waals surface area contributed by atoms with Crippen LogP contribution in [0.1, 0.15) is 32.3 Å². The first-order valence-corrected chi connectivity index (χ1v) is 10.2. The molecule has 0 aromatic heterocycles. The first kappa shape index (κ1) is 19.8. The van der Waals surface area contributed by atoms with Crippen molar-refractivity contribution < 1.29 is 9.59 Å². The molecule has 6 nitrogen and oxygen atoms in total. The summed E-state index contributed by atoms with van der Waals surface area (Å²) in [6, 6.07) is 8.46. The quantitative estimate of drug-likeness (QED) is 0.822. The zero-order chi connectivity index (χ0) is 19.2. The van der Waals surface area contributed by atoms with E-state index in [0.717, 1.165) is 57.7 Å². The molecular formula is C21H32N4O2. The number of hydrogen-bond acceptors (Lipinski definition) is 4. The van der Waals surface area contributed by atoms with E-state index in [2.05, 4.69) is 34.2 Å². The zero-order valence-corrected chi connectivity index (χ0v) is 16.6. The van der Waals surface area contributed by atoms with Crippen molar-refractivity contribution in [3.8, 4) is 0 Å². The third kappa shape index (κ3) is 5.30. The molecule has 0 spiro atoms. The van der Waals surface area contributed by atoms with Gasteiger partial charge in [-0.05, 0) is 37.8 Å². The number of carbonyl (C=O) groups excluding carboxylic acids is 2. The molecule has 2 amide bonds. The molecule has 1 atom stereocenters. The van der Waals surface area contributed by atoms with Crippen LogP contribution in [0.5, 0.6) is 0 Å². The Morgan fingerprint density at radius 3 is 2.41 bits per heavy atom. The smallest absolute Gasteiger partial charge is 0.241 e. The summed E-state index contributed by atoms with van der Waals surface area (Å²) >= 11 is 0. The lowest BCUT2D eigenvalue weighted by molar-refractivity contribution is -0.124. The Morgan fingerprint density at radius 2 is 1.70 bits per heavy atom. The fourth-order valence-corrected chi connectivity index (χ4v) is 3.80. The number of hydrogen-bond donors (Lipinski definition) is 1. The van der Waals surface area contributed by atoms with E-state index in [4.69, 9.17) is 0 Å². The molecular weight excluding hydrogens is 340 g/mol. The molecule has 148 valence electrons. The van der Waals surface area contributed by atoms with Gasteiger partial charge < -0.3 is 10.2 Å². The van der Waals surface area contributed by atoms with E-state index in [1.807, 2.05) is 24.0 Å². The average molecular weight is 373 g/mol. The minimum absolute atomic E-state index is 0.0961. The maximum atomic E-state index is 12.8. The maximum Gasteiger partial charge on any atom is 0.241 e. The third-order valence-corrected chi connectivity index (χ3v) is 5.62. The predicted molar refractivity (Wildman–Crippen MR) is 108 cm³/mol. The van der Waals surface area contributed by atoms with Crippen LogP contribution < -0.4 is 10.2 Å². The molecule has 1 aromatic rings. The third-order valence-electron chi connectivity index (χ3n) is 5.62. The summed E-state index contributed by atoms with van der Waals surface area (Å²) in [5, 5.41) is 3.02. The highest BCUT2D eigenvalue weighted by Crippen LogP contribution is 2.26. The number of aryl methyl sites for hydroxylation is 1. The van der Waals surface area contributed by atoms with Gasteiger partial charge in [0.05, 0.1) is 13.1 Å². The SMILES string of the molecule is CCC(C)NC(=O)CN1CCN(CC(=O)N2CCCc3ccccc32)CC1. The molecule has 3 rings (SSSR count). The van der Waals surface area contributed by atoms with Gasteiger partial charge in [0.25, 0.3) is 0 Å².